The zero-order chi connectivity index (χ0) is 24.1. The molecule has 5 heteroatoms. The Morgan fingerprint density at radius 2 is 1.41 bits per heavy atom. The normalized spacial score (nSPS) is 20.2. The maximum absolute atomic E-state index is 13.4. The molecule has 2 amide bonds. The lowest BCUT2D eigenvalue weighted by molar-refractivity contribution is -0.139. The van der Waals surface area contributed by atoms with Crippen molar-refractivity contribution in [2.24, 2.45) is 11.8 Å². The van der Waals surface area contributed by atoms with Crippen molar-refractivity contribution in [3.05, 3.63) is 71.8 Å². The largest absolute Gasteiger partial charge is 0.343 e. The molecule has 182 valence electrons. The van der Waals surface area contributed by atoms with Gasteiger partial charge < -0.3 is 9.80 Å². The van der Waals surface area contributed by atoms with Crippen LogP contribution in [0.15, 0.2) is 60.7 Å². The first-order valence-electron chi connectivity index (χ1n) is 12.8. The first-order valence-corrected chi connectivity index (χ1v) is 12.8. The summed E-state index contributed by atoms with van der Waals surface area (Å²) in [5, 5.41) is 0. The maximum atomic E-state index is 13.4. The lowest BCUT2D eigenvalue weighted by Gasteiger charge is -2.47. The molecule has 0 aliphatic carbocycles. The Hall–Kier alpha value is -2.66. The van der Waals surface area contributed by atoms with Crippen molar-refractivity contribution in [1.82, 2.24) is 14.7 Å². The van der Waals surface area contributed by atoms with E-state index < -0.39 is 0 Å². The van der Waals surface area contributed by atoms with Gasteiger partial charge in [0.25, 0.3) is 0 Å². The van der Waals surface area contributed by atoms with Gasteiger partial charge in [-0.05, 0) is 35.8 Å². The molecule has 0 bridgehead atoms. The average Bonchev–Trinajstić information content (AvgIpc) is 2.86. The van der Waals surface area contributed by atoms with E-state index in [9.17, 15) is 9.59 Å². The number of amides is 2. The molecule has 2 fully saturated rings. The van der Waals surface area contributed by atoms with Gasteiger partial charge in [0.05, 0.1) is 6.04 Å². The first-order chi connectivity index (χ1) is 16.4. The minimum atomic E-state index is 0.146. The summed E-state index contributed by atoms with van der Waals surface area (Å²) in [5.41, 5.74) is 2.60. The van der Waals surface area contributed by atoms with E-state index in [2.05, 4.69) is 84.3 Å². The molecule has 0 saturated carbocycles. The van der Waals surface area contributed by atoms with Crippen molar-refractivity contribution in [3.8, 4) is 0 Å². The molecule has 2 aromatic carbocycles. The van der Waals surface area contributed by atoms with Crippen molar-refractivity contribution in [2.75, 3.05) is 32.7 Å². The molecular formula is C29H39N3O2. The number of rotatable bonds is 6. The van der Waals surface area contributed by atoms with E-state index in [0.717, 1.165) is 45.6 Å². The fourth-order valence-electron chi connectivity index (χ4n) is 5.65. The van der Waals surface area contributed by atoms with E-state index in [0.29, 0.717) is 18.3 Å². The number of hydrogen-bond acceptors (Lipinski definition) is 3. The lowest BCUT2D eigenvalue weighted by Crippen LogP contribution is -2.58. The molecule has 4 rings (SSSR count). The Morgan fingerprint density at radius 1 is 0.853 bits per heavy atom. The monoisotopic (exact) mass is 461 g/mol. The molecular weight excluding hydrogens is 422 g/mol. The SMILES string of the molecule is CC(=O)N1CCC(CC(=O)N2CCN(C(c3ccccc3)c3ccccc3)CC2C(C)C)CC1. The number of carbonyl (C=O) groups is 2. The number of carbonyl (C=O) groups excluding carboxylic acids is 2. The standard InChI is InChI=1S/C29H39N3O2/c1-22(2)27-21-31(29(25-10-6-4-7-11-25)26-12-8-5-9-13-26)18-19-32(27)28(34)20-24-14-16-30(17-15-24)23(3)33/h4-13,22,24,27,29H,14-21H2,1-3H3. The molecule has 2 heterocycles. The van der Waals surface area contributed by atoms with Crippen molar-refractivity contribution < 1.29 is 9.59 Å². The zero-order valence-electron chi connectivity index (χ0n) is 20.9. The summed E-state index contributed by atoms with van der Waals surface area (Å²) >= 11 is 0. The second-order valence-corrected chi connectivity index (χ2v) is 10.3. The average molecular weight is 462 g/mol. The fraction of sp³-hybridized carbons (Fsp3) is 0.517. The second-order valence-electron chi connectivity index (χ2n) is 10.3. The smallest absolute Gasteiger partial charge is 0.223 e. The molecule has 1 unspecified atom stereocenters. The molecule has 2 aliphatic heterocycles. The molecule has 0 N–H and O–H groups in total. The van der Waals surface area contributed by atoms with Gasteiger partial charge in [-0.1, -0.05) is 74.5 Å². The predicted octanol–water partition coefficient (Wildman–Crippen LogP) is 4.59. The first kappa shape index (κ1) is 24.5. The van der Waals surface area contributed by atoms with E-state index >= 15 is 0 Å². The maximum Gasteiger partial charge on any atom is 0.223 e. The van der Waals surface area contributed by atoms with Crippen LogP contribution in [0.3, 0.4) is 0 Å². The van der Waals surface area contributed by atoms with Crippen LogP contribution in [0.25, 0.3) is 0 Å². The third-order valence-corrected chi connectivity index (χ3v) is 7.66. The van der Waals surface area contributed by atoms with Gasteiger partial charge in [-0.15, -0.1) is 0 Å². The highest BCUT2D eigenvalue weighted by atomic mass is 16.2. The Balaban J connectivity index is 1.47. The highest BCUT2D eigenvalue weighted by Gasteiger charge is 2.36. The van der Waals surface area contributed by atoms with Gasteiger partial charge in [0.2, 0.25) is 11.8 Å². The van der Waals surface area contributed by atoms with Crippen LogP contribution in [-0.2, 0) is 9.59 Å². The Kier molecular flexibility index (Phi) is 8.04. The highest BCUT2D eigenvalue weighted by molar-refractivity contribution is 5.77. The van der Waals surface area contributed by atoms with Gasteiger partial charge in [-0.2, -0.15) is 0 Å². The molecule has 2 aliphatic rings. The van der Waals surface area contributed by atoms with Crippen LogP contribution in [0.1, 0.15) is 57.2 Å². The fourth-order valence-corrected chi connectivity index (χ4v) is 5.65. The molecule has 2 aromatic rings. The summed E-state index contributed by atoms with van der Waals surface area (Å²) in [6.45, 7) is 10.2. The highest BCUT2D eigenvalue weighted by Crippen LogP contribution is 2.32. The summed E-state index contributed by atoms with van der Waals surface area (Å²) in [5.74, 6) is 1.21. The zero-order valence-corrected chi connectivity index (χ0v) is 20.9. The van der Waals surface area contributed by atoms with Gasteiger partial charge in [-0.3, -0.25) is 14.5 Å². The van der Waals surface area contributed by atoms with Crippen LogP contribution in [0.5, 0.6) is 0 Å². The second kappa shape index (κ2) is 11.2. The van der Waals surface area contributed by atoms with Crippen molar-refractivity contribution in [2.45, 2.75) is 52.1 Å². The van der Waals surface area contributed by atoms with Crippen molar-refractivity contribution in [3.63, 3.8) is 0 Å². The van der Waals surface area contributed by atoms with Gasteiger partial charge in [0.1, 0.15) is 0 Å². The summed E-state index contributed by atoms with van der Waals surface area (Å²) in [7, 11) is 0. The Morgan fingerprint density at radius 3 is 1.91 bits per heavy atom. The molecule has 5 nitrogen and oxygen atoms in total. The van der Waals surface area contributed by atoms with E-state index in [4.69, 9.17) is 0 Å². The third kappa shape index (κ3) is 5.69. The van der Waals surface area contributed by atoms with Crippen LogP contribution in [-0.4, -0.2) is 65.3 Å². The molecule has 0 aromatic heterocycles. The summed E-state index contributed by atoms with van der Waals surface area (Å²) in [4.78, 5) is 31.7. The molecule has 2 saturated heterocycles. The summed E-state index contributed by atoms with van der Waals surface area (Å²) in [6, 6.07) is 21.8. The molecule has 1 atom stereocenters. The minimum absolute atomic E-state index is 0.146. The summed E-state index contributed by atoms with van der Waals surface area (Å²) < 4.78 is 0. The quantitative estimate of drug-likeness (QED) is 0.632. The van der Waals surface area contributed by atoms with Crippen molar-refractivity contribution >= 4 is 11.8 Å². The predicted molar refractivity (Wildman–Crippen MR) is 136 cm³/mol. The van der Waals surface area contributed by atoms with Gasteiger partial charge >= 0.3 is 0 Å². The van der Waals surface area contributed by atoms with Gasteiger partial charge in [0, 0.05) is 52.1 Å². The minimum Gasteiger partial charge on any atom is -0.343 e. The number of hydrogen-bond donors (Lipinski definition) is 0. The number of nitrogens with zero attached hydrogens (tertiary/aromatic N) is 3. The van der Waals surface area contributed by atoms with E-state index in [1.807, 2.05) is 4.90 Å². The Labute approximate surface area is 204 Å². The molecule has 34 heavy (non-hydrogen) atoms. The number of piperidine rings is 1. The van der Waals surface area contributed by atoms with Crippen LogP contribution in [0.2, 0.25) is 0 Å². The van der Waals surface area contributed by atoms with Crippen LogP contribution < -0.4 is 0 Å². The van der Waals surface area contributed by atoms with Gasteiger partial charge in [-0.25, -0.2) is 0 Å². The number of piperazine rings is 1. The van der Waals surface area contributed by atoms with E-state index in [1.165, 1.54) is 11.1 Å². The molecule has 0 spiro atoms. The summed E-state index contributed by atoms with van der Waals surface area (Å²) in [6.07, 6.45) is 2.47. The topological polar surface area (TPSA) is 43.9 Å². The van der Waals surface area contributed by atoms with Crippen LogP contribution >= 0.6 is 0 Å². The van der Waals surface area contributed by atoms with E-state index in [1.54, 1.807) is 6.92 Å². The number of likely N-dealkylation sites (tertiary alicyclic amines) is 1. The lowest BCUT2D eigenvalue weighted by atomic mass is 9.90. The Bertz CT molecular complexity index is 899. The van der Waals surface area contributed by atoms with Crippen LogP contribution in [0, 0.1) is 11.8 Å². The number of benzene rings is 2. The third-order valence-electron chi connectivity index (χ3n) is 7.66. The molecule has 0 radical (unpaired) electrons. The van der Waals surface area contributed by atoms with Gasteiger partial charge in [0.15, 0.2) is 0 Å². The van der Waals surface area contributed by atoms with E-state index in [-0.39, 0.29) is 23.9 Å². The van der Waals surface area contributed by atoms with Crippen LogP contribution in [0.4, 0.5) is 0 Å². The van der Waals surface area contributed by atoms with Crippen molar-refractivity contribution in [1.29, 1.82) is 0 Å².